The minimum absolute atomic E-state index is 0.430. The number of rotatable bonds is 5. The highest BCUT2D eigenvalue weighted by molar-refractivity contribution is 7.80. The van der Waals surface area contributed by atoms with Crippen LogP contribution in [0.1, 0.15) is 20.8 Å². The van der Waals surface area contributed by atoms with Crippen molar-refractivity contribution in [3.63, 3.8) is 0 Å². The molecule has 0 radical (unpaired) electrons. The van der Waals surface area contributed by atoms with Gasteiger partial charge in [0, 0.05) is 26.2 Å². The number of nitrogens with one attached hydrogen (secondary N) is 3. The largest absolute Gasteiger partial charge is 0.444 e. The molecule has 0 aliphatic carbocycles. The first-order valence-electron chi connectivity index (χ1n) is 5.54. The van der Waals surface area contributed by atoms with Crippen LogP contribution in [0, 0.1) is 0 Å². The smallest absolute Gasteiger partial charge is 0.407 e. The molecular weight excluding hydrogens is 240 g/mol. The van der Waals surface area contributed by atoms with E-state index in [4.69, 9.17) is 22.7 Å². The molecule has 0 aromatic carbocycles. The predicted molar refractivity (Wildman–Crippen MR) is 71.9 cm³/mol. The molecule has 0 saturated heterocycles. The van der Waals surface area contributed by atoms with Crippen LogP contribution in [-0.2, 0) is 4.74 Å². The van der Waals surface area contributed by atoms with Crippen molar-refractivity contribution in [3.8, 4) is 0 Å². The van der Waals surface area contributed by atoms with E-state index in [-0.39, 0.29) is 0 Å². The highest BCUT2D eigenvalue weighted by Crippen LogP contribution is 2.05. The minimum atomic E-state index is -0.477. The van der Waals surface area contributed by atoms with Crippen LogP contribution in [0.3, 0.4) is 0 Å². The summed E-state index contributed by atoms with van der Waals surface area (Å²) in [7, 11) is 0. The van der Waals surface area contributed by atoms with Crippen LogP contribution in [0.5, 0.6) is 0 Å². The average Bonchev–Trinajstić information content (AvgIpc) is 2.19. The van der Waals surface area contributed by atoms with Gasteiger partial charge in [-0.15, -0.1) is 0 Å². The molecule has 17 heavy (non-hydrogen) atoms. The van der Waals surface area contributed by atoms with Crippen LogP contribution in [0.2, 0.25) is 0 Å². The van der Waals surface area contributed by atoms with Crippen LogP contribution >= 0.6 is 12.2 Å². The molecule has 0 rings (SSSR count). The van der Waals surface area contributed by atoms with E-state index in [1.807, 2.05) is 20.8 Å². The van der Waals surface area contributed by atoms with Gasteiger partial charge < -0.3 is 26.4 Å². The molecule has 0 aliphatic rings. The molecule has 0 aliphatic heterocycles. The lowest BCUT2D eigenvalue weighted by Crippen LogP contribution is -2.42. The van der Waals surface area contributed by atoms with Crippen molar-refractivity contribution in [1.29, 1.82) is 0 Å². The molecule has 1 amide bonds. The van der Waals surface area contributed by atoms with E-state index in [9.17, 15) is 4.79 Å². The molecule has 6 nitrogen and oxygen atoms in total. The Bertz CT molecular complexity index is 253. The van der Waals surface area contributed by atoms with Gasteiger partial charge in [-0.3, -0.25) is 0 Å². The van der Waals surface area contributed by atoms with Crippen LogP contribution in [0.4, 0.5) is 4.79 Å². The lowest BCUT2D eigenvalue weighted by Gasteiger charge is -2.19. The summed E-state index contributed by atoms with van der Waals surface area (Å²) in [6, 6.07) is 0. The predicted octanol–water partition coefficient (Wildman–Crippen LogP) is -0.0661. The zero-order chi connectivity index (χ0) is 13.3. The Kier molecular flexibility index (Phi) is 7.56. The molecule has 0 bridgehead atoms. The van der Waals surface area contributed by atoms with Crippen molar-refractivity contribution in [2.24, 2.45) is 5.73 Å². The Morgan fingerprint density at radius 2 is 1.71 bits per heavy atom. The SMILES string of the molecule is CC(C)(C)OC(=O)NCCNC(=S)NCCN. The molecule has 0 saturated carbocycles. The normalized spacial score (nSPS) is 10.6. The number of ether oxygens (including phenoxy) is 1. The molecule has 0 aromatic heterocycles. The molecule has 0 spiro atoms. The molecule has 0 unspecified atom stereocenters. The van der Waals surface area contributed by atoms with Gasteiger partial charge >= 0.3 is 6.09 Å². The van der Waals surface area contributed by atoms with Gasteiger partial charge in [-0.1, -0.05) is 0 Å². The van der Waals surface area contributed by atoms with Gasteiger partial charge in [0.25, 0.3) is 0 Å². The fourth-order valence-corrected chi connectivity index (χ4v) is 1.11. The summed E-state index contributed by atoms with van der Waals surface area (Å²) < 4.78 is 5.07. The molecule has 100 valence electrons. The lowest BCUT2D eigenvalue weighted by atomic mass is 10.2. The van der Waals surface area contributed by atoms with Gasteiger partial charge in [-0.25, -0.2) is 4.79 Å². The average molecular weight is 262 g/mol. The second kappa shape index (κ2) is 8.08. The topological polar surface area (TPSA) is 88.4 Å². The summed E-state index contributed by atoms with van der Waals surface area (Å²) >= 11 is 4.96. The third-order valence-electron chi connectivity index (χ3n) is 1.51. The summed E-state index contributed by atoms with van der Waals surface area (Å²) in [6.45, 7) is 7.59. The summed E-state index contributed by atoms with van der Waals surface area (Å²) in [5.41, 5.74) is 4.83. The molecule has 7 heteroatoms. The number of amides is 1. The van der Waals surface area contributed by atoms with Gasteiger partial charge in [0.05, 0.1) is 0 Å². The van der Waals surface area contributed by atoms with E-state index in [2.05, 4.69) is 16.0 Å². The van der Waals surface area contributed by atoms with Crippen LogP contribution in [0.25, 0.3) is 0 Å². The van der Waals surface area contributed by atoms with Gasteiger partial charge in [0.1, 0.15) is 5.60 Å². The van der Waals surface area contributed by atoms with Crippen molar-refractivity contribution in [2.75, 3.05) is 26.2 Å². The van der Waals surface area contributed by atoms with E-state index in [1.165, 1.54) is 0 Å². The number of carbonyl (C=O) groups is 1. The fourth-order valence-electron chi connectivity index (χ4n) is 0.903. The van der Waals surface area contributed by atoms with E-state index >= 15 is 0 Å². The first-order valence-corrected chi connectivity index (χ1v) is 5.94. The summed E-state index contributed by atoms with van der Waals surface area (Å²) in [5.74, 6) is 0. The summed E-state index contributed by atoms with van der Waals surface area (Å²) in [5, 5.41) is 8.98. The highest BCUT2D eigenvalue weighted by atomic mass is 32.1. The Labute approximate surface area is 108 Å². The number of hydrogen-bond acceptors (Lipinski definition) is 4. The van der Waals surface area contributed by atoms with Crippen molar-refractivity contribution in [3.05, 3.63) is 0 Å². The quantitative estimate of drug-likeness (QED) is 0.410. The van der Waals surface area contributed by atoms with E-state index < -0.39 is 11.7 Å². The first-order chi connectivity index (χ1) is 7.85. The molecule has 0 atom stereocenters. The third-order valence-corrected chi connectivity index (χ3v) is 1.80. The molecule has 0 aromatic rings. The zero-order valence-electron chi connectivity index (χ0n) is 10.6. The van der Waals surface area contributed by atoms with Gasteiger partial charge in [0.2, 0.25) is 0 Å². The van der Waals surface area contributed by atoms with Gasteiger partial charge in [-0.2, -0.15) is 0 Å². The molecule has 5 N–H and O–H groups in total. The monoisotopic (exact) mass is 262 g/mol. The third kappa shape index (κ3) is 11.2. The first kappa shape index (κ1) is 15.9. The number of alkyl carbamates (subject to hydrolysis) is 1. The molecular formula is C10H22N4O2S. The number of carbonyl (C=O) groups excluding carboxylic acids is 1. The van der Waals surface area contributed by atoms with E-state index in [0.29, 0.717) is 31.3 Å². The Balaban J connectivity index is 3.51. The number of hydrogen-bond donors (Lipinski definition) is 4. The highest BCUT2D eigenvalue weighted by Gasteiger charge is 2.15. The Morgan fingerprint density at radius 3 is 2.24 bits per heavy atom. The molecule has 0 fully saturated rings. The van der Waals surface area contributed by atoms with Crippen molar-refractivity contribution < 1.29 is 9.53 Å². The summed E-state index contributed by atoms with van der Waals surface area (Å²) in [4.78, 5) is 11.2. The lowest BCUT2D eigenvalue weighted by molar-refractivity contribution is 0.0529. The second-order valence-corrected chi connectivity index (χ2v) is 4.81. The maximum absolute atomic E-state index is 11.2. The van der Waals surface area contributed by atoms with Crippen LogP contribution in [-0.4, -0.2) is 43.0 Å². The van der Waals surface area contributed by atoms with Crippen LogP contribution in [0.15, 0.2) is 0 Å². The van der Waals surface area contributed by atoms with E-state index in [0.717, 1.165) is 0 Å². The molecule has 0 heterocycles. The Morgan fingerprint density at radius 1 is 1.18 bits per heavy atom. The van der Waals surface area contributed by atoms with Crippen LogP contribution < -0.4 is 21.7 Å². The van der Waals surface area contributed by atoms with Crippen molar-refractivity contribution in [1.82, 2.24) is 16.0 Å². The van der Waals surface area contributed by atoms with Crippen molar-refractivity contribution >= 4 is 23.4 Å². The number of nitrogens with two attached hydrogens (primary N) is 1. The fraction of sp³-hybridized carbons (Fsp3) is 0.800. The second-order valence-electron chi connectivity index (χ2n) is 4.40. The summed E-state index contributed by atoms with van der Waals surface area (Å²) in [6.07, 6.45) is -0.430. The van der Waals surface area contributed by atoms with Gasteiger partial charge in [-0.05, 0) is 33.0 Å². The Hall–Kier alpha value is -1.08. The van der Waals surface area contributed by atoms with E-state index in [1.54, 1.807) is 0 Å². The maximum Gasteiger partial charge on any atom is 0.407 e. The van der Waals surface area contributed by atoms with Gasteiger partial charge in [0.15, 0.2) is 5.11 Å². The maximum atomic E-state index is 11.2. The minimum Gasteiger partial charge on any atom is -0.444 e. The van der Waals surface area contributed by atoms with Crippen molar-refractivity contribution in [2.45, 2.75) is 26.4 Å². The standard InChI is InChI=1S/C10H22N4O2S/c1-10(2,3)16-9(15)14-7-6-13-8(17)12-5-4-11/h4-7,11H2,1-3H3,(H,14,15)(H2,12,13,17). The number of thiocarbonyl (C=S) groups is 1. The zero-order valence-corrected chi connectivity index (χ0v) is 11.4.